The summed E-state index contributed by atoms with van der Waals surface area (Å²) in [6.07, 6.45) is 9.96. The molecule has 3 aromatic rings. The van der Waals surface area contributed by atoms with E-state index in [0.717, 1.165) is 61.9 Å². The Bertz CT molecular complexity index is 1150. The molecule has 4 fully saturated rings. The maximum Gasteiger partial charge on any atom is 0.225 e. The van der Waals surface area contributed by atoms with Crippen LogP contribution < -0.4 is 15.5 Å². The Balaban J connectivity index is 0.939. The molecule has 0 radical (unpaired) electrons. The third-order valence-corrected chi connectivity index (χ3v) is 8.35. The van der Waals surface area contributed by atoms with Crippen LogP contribution in [-0.4, -0.2) is 93.1 Å². The summed E-state index contributed by atoms with van der Waals surface area (Å²) in [5.74, 6) is 2.44. The predicted molar refractivity (Wildman–Crippen MR) is 150 cm³/mol. The zero-order valence-electron chi connectivity index (χ0n) is 21.1. The fraction of sp³-hybridized carbons (Fsp3) is 0.481. The molecule has 0 saturated carbocycles. The van der Waals surface area contributed by atoms with Crippen LogP contribution in [0.3, 0.4) is 0 Å². The van der Waals surface area contributed by atoms with Crippen LogP contribution in [0.4, 0.5) is 11.6 Å². The van der Waals surface area contributed by atoms with Crippen molar-refractivity contribution in [3.8, 4) is 5.69 Å². The molecular formula is C27H35N9S. The molecule has 0 aliphatic carbocycles. The van der Waals surface area contributed by atoms with Gasteiger partial charge in [0.25, 0.3) is 0 Å². The largest absolute Gasteiger partial charge is 0.361 e. The first kappa shape index (κ1) is 24.3. The number of hydrogen-bond donors (Lipinski definition) is 2. The summed E-state index contributed by atoms with van der Waals surface area (Å²) in [6, 6.07) is 12.5. The van der Waals surface area contributed by atoms with Crippen molar-refractivity contribution < 1.29 is 0 Å². The van der Waals surface area contributed by atoms with Crippen molar-refractivity contribution in [2.75, 3.05) is 62.6 Å². The molecule has 4 aliphatic heterocycles. The lowest BCUT2D eigenvalue weighted by molar-refractivity contribution is -0.0110. The van der Waals surface area contributed by atoms with E-state index in [1.165, 1.54) is 32.5 Å². The molecule has 0 spiro atoms. The Morgan fingerprint density at radius 3 is 2.49 bits per heavy atom. The molecule has 2 N–H and O–H groups in total. The van der Waals surface area contributed by atoms with E-state index in [4.69, 9.17) is 12.2 Å². The number of piperidine rings is 3. The summed E-state index contributed by atoms with van der Waals surface area (Å²) < 4.78 is 1.85. The third kappa shape index (κ3) is 5.76. The van der Waals surface area contributed by atoms with Gasteiger partial charge in [-0.1, -0.05) is 0 Å². The minimum Gasteiger partial charge on any atom is -0.361 e. The fourth-order valence-corrected chi connectivity index (χ4v) is 6.29. The second-order valence-corrected chi connectivity index (χ2v) is 10.8. The van der Waals surface area contributed by atoms with Crippen LogP contribution in [0.2, 0.25) is 0 Å². The van der Waals surface area contributed by atoms with Crippen molar-refractivity contribution in [3.63, 3.8) is 0 Å². The van der Waals surface area contributed by atoms with Gasteiger partial charge in [-0.05, 0) is 79.8 Å². The van der Waals surface area contributed by atoms with Crippen LogP contribution in [0.1, 0.15) is 12.8 Å². The van der Waals surface area contributed by atoms with Crippen LogP contribution in [0.5, 0.6) is 0 Å². The molecule has 37 heavy (non-hydrogen) atoms. The molecule has 7 rings (SSSR count). The first-order valence-corrected chi connectivity index (χ1v) is 13.8. The second-order valence-electron chi connectivity index (χ2n) is 10.4. The number of anilines is 2. The van der Waals surface area contributed by atoms with Crippen molar-refractivity contribution in [3.05, 3.63) is 61.2 Å². The number of fused-ring (bicyclic) bond motifs is 3. The summed E-state index contributed by atoms with van der Waals surface area (Å²) >= 11 is 5.60. The van der Waals surface area contributed by atoms with E-state index < -0.39 is 0 Å². The molecule has 6 heterocycles. The smallest absolute Gasteiger partial charge is 0.225 e. The topological polar surface area (TPSA) is 77.4 Å². The lowest BCUT2D eigenvalue weighted by atomic mass is 9.75. The Labute approximate surface area is 223 Å². The van der Waals surface area contributed by atoms with Crippen LogP contribution in [0.15, 0.2) is 61.2 Å². The molecule has 0 amide bonds. The van der Waals surface area contributed by atoms with Crippen molar-refractivity contribution in [2.24, 2.45) is 11.8 Å². The molecule has 2 bridgehead atoms. The Hall–Kier alpha value is -3.08. The highest BCUT2D eigenvalue weighted by molar-refractivity contribution is 7.80. The van der Waals surface area contributed by atoms with E-state index in [9.17, 15) is 0 Å². The van der Waals surface area contributed by atoms with Gasteiger partial charge < -0.3 is 15.5 Å². The Morgan fingerprint density at radius 1 is 0.973 bits per heavy atom. The van der Waals surface area contributed by atoms with E-state index in [-0.39, 0.29) is 0 Å². The van der Waals surface area contributed by atoms with Crippen LogP contribution >= 0.6 is 12.2 Å². The third-order valence-electron chi connectivity index (χ3n) is 8.11. The number of hydrogen-bond acceptors (Lipinski definition) is 7. The fourth-order valence-electron chi connectivity index (χ4n) is 6.09. The van der Waals surface area contributed by atoms with Gasteiger partial charge in [-0.2, -0.15) is 5.10 Å². The minimum atomic E-state index is 0.559. The highest BCUT2D eigenvalue weighted by atomic mass is 32.1. The zero-order chi connectivity index (χ0) is 25.0. The number of aromatic nitrogens is 4. The molecule has 1 unspecified atom stereocenters. The van der Waals surface area contributed by atoms with Crippen molar-refractivity contribution in [1.82, 2.24) is 34.9 Å². The maximum atomic E-state index is 5.60. The Kier molecular flexibility index (Phi) is 7.29. The summed E-state index contributed by atoms with van der Waals surface area (Å²) in [5.41, 5.74) is 2.01. The lowest BCUT2D eigenvalue weighted by Gasteiger charge is -2.51. The van der Waals surface area contributed by atoms with Crippen LogP contribution in [0.25, 0.3) is 5.69 Å². The summed E-state index contributed by atoms with van der Waals surface area (Å²) in [7, 11) is 0. The molecule has 2 aromatic heterocycles. The second kappa shape index (κ2) is 11.1. The van der Waals surface area contributed by atoms with Crippen LogP contribution in [-0.2, 0) is 0 Å². The highest BCUT2D eigenvalue weighted by Crippen LogP contribution is 2.36. The van der Waals surface area contributed by atoms with Gasteiger partial charge >= 0.3 is 0 Å². The van der Waals surface area contributed by atoms with Crippen molar-refractivity contribution >= 4 is 29.0 Å². The molecule has 194 valence electrons. The van der Waals surface area contributed by atoms with Gasteiger partial charge in [0.2, 0.25) is 5.95 Å². The Morgan fingerprint density at radius 2 is 1.78 bits per heavy atom. The number of thiocarbonyl (C=S) groups is 1. The van der Waals surface area contributed by atoms with E-state index >= 15 is 0 Å². The standard InChI is InChI=1S/C27H35N9S/c37-27(32-23-3-5-24(6-4-23)36-11-2-10-31-36)30-18-25-17-21-7-12-35(25)20-22(21)19-33-13-15-34(16-14-33)26-28-8-1-9-29-26/h1-6,8-11,21-22,25H,7,12-20H2,(H2,30,32,37)/t21-,22-,25+/m0/s1. The number of nitrogens with zero attached hydrogens (tertiary/aromatic N) is 7. The van der Waals surface area contributed by atoms with Gasteiger partial charge in [0.1, 0.15) is 0 Å². The van der Waals surface area contributed by atoms with Gasteiger partial charge in [-0.15, -0.1) is 0 Å². The number of benzene rings is 1. The molecule has 10 heteroatoms. The maximum absolute atomic E-state index is 5.60. The molecule has 4 aliphatic rings. The van der Waals surface area contributed by atoms with E-state index in [2.05, 4.69) is 40.4 Å². The van der Waals surface area contributed by atoms with E-state index in [1.807, 2.05) is 59.7 Å². The number of piperazine rings is 1. The molecule has 1 aromatic carbocycles. The first-order chi connectivity index (χ1) is 18.2. The zero-order valence-corrected chi connectivity index (χ0v) is 21.9. The van der Waals surface area contributed by atoms with Gasteiger partial charge in [-0.25, -0.2) is 14.6 Å². The van der Waals surface area contributed by atoms with Gasteiger partial charge in [0.05, 0.1) is 5.69 Å². The molecular weight excluding hydrogens is 482 g/mol. The molecule has 9 nitrogen and oxygen atoms in total. The number of rotatable bonds is 7. The van der Waals surface area contributed by atoms with Crippen LogP contribution in [0, 0.1) is 11.8 Å². The van der Waals surface area contributed by atoms with Crippen molar-refractivity contribution in [2.45, 2.75) is 18.9 Å². The highest BCUT2D eigenvalue weighted by Gasteiger charge is 2.40. The summed E-state index contributed by atoms with van der Waals surface area (Å²) in [4.78, 5) is 16.5. The normalized spacial score (nSPS) is 25.7. The summed E-state index contributed by atoms with van der Waals surface area (Å²) in [5, 5.41) is 11.8. The van der Waals surface area contributed by atoms with E-state index in [1.54, 1.807) is 6.20 Å². The molecule has 4 atom stereocenters. The van der Waals surface area contributed by atoms with Gasteiger partial charge in [-0.3, -0.25) is 9.80 Å². The average molecular weight is 518 g/mol. The van der Waals surface area contributed by atoms with E-state index in [0.29, 0.717) is 11.2 Å². The molecule has 4 saturated heterocycles. The predicted octanol–water partition coefficient (Wildman–Crippen LogP) is 2.48. The SMILES string of the molecule is S=C(NC[C@H]1C[C@@H]2CCN1C[C@@H]2CN1CCN(c2ncccn2)CC1)Nc1ccc(-n2cccn2)cc1. The van der Waals surface area contributed by atoms with Gasteiger partial charge in [0, 0.05) is 82.3 Å². The lowest BCUT2D eigenvalue weighted by Crippen LogP contribution is -2.59. The first-order valence-electron chi connectivity index (χ1n) is 13.3. The average Bonchev–Trinajstić information content (AvgIpc) is 3.49. The monoisotopic (exact) mass is 517 g/mol. The summed E-state index contributed by atoms with van der Waals surface area (Å²) in [6.45, 7) is 8.72. The number of nitrogens with one attached hydrogen (secondary N) is 2. The minimum absolute atomic E-state index is 0.559. The van der Waals surface area contributed by atoms with Gasteiger partial charge in [0.15, 0.2) is 5.11 Å². The quantitative estimate of drug-likeness (QED) is 0.460. The van der Waals surface area contributed by atoms with Crippen molar-refractivity contribution in [1.29, 1.82) is 0 Å².